The van der Waals surface area contributed by atoms with E-state index in [2.05, 4.69) is 23.8 Å². The van der Waals surface area contributed by atoms with Gasteiger partial charge in [-0.25, -0.2) is 0 Å². The summed E-state index contributed by atoms with van der Waals surface area (Å²) in [4.78, 5) is 0. The minimum absolute atomic E-state index is 0.935. The third-order valence-electron chi connectivity index (χ3n) is 2.23. The first-order valence-corrected chi connectivity index (χ1v) is 6.46. The number of thiophene rings is 1. The number of hydrogen-bond acceptors (Lipinski definition) is 2. The number of unbranched alkanes of at least 4 members (excludes halogenated alkanes) is 2. The Hall–Kier alpha value is -0.340. The van der Waals surface area contributed by atoms with Gasteiger partial charge in [-0.1, -0.05) is 13.3 Å². The van der Waals surface area contributed by atoms with E-state index in [0.717, 1.165) is 13.2 Å². The number of rotatable bonds is 8. The molecule has 0 radical (unpaired) electrons. The third kappa shape index (κ3) is 5.40. The van der Waals surface area contributed by atoms with Crippen LogP contribution in [0.1, 0.15) is 38.2 Å². The minimum atomic E-state index is 0.935. The maximum absolute atomic E-state index is 5.50. The van der Waals surface area contributed by atoms with Gasteiger partial charge in [-0.05, 0) is 48.1 Å². The Morgan fingerprint density at radius 2 is 2.07 bits per heavy atom. The molecule has 0 unspecified atom stereocenters. The van der Waals surface area contributed by atoms with Crippen LogP contribution >= 0.6 is 11.3 Å². The summed E-state index contributed by atoms with van der Waals surface area (Å²) in [6.45, 7) is 4.07. The van der Waals surface area contributed by atoms with Crippen molar-refractivity contribution in [2.24, 2.45) is 0 Å². The van der Waals surface area contributed by atoms with Gasteiger partial charge in [-0.15, -0.1) is 0 Å². The average molecular weight is 212 g/mol. The van der Waals surface area contributed by atoms with Gasteiger partial charge in [0, 0.05) is 13.2 Å². The van der Waals surface area contributed by atoms with Crippen LogP contribution in [0.25, 0.3) is 0 Å². The lowest BCUT2D eigenvalue weighted by Crippen LogP contribution is -1.97. The molecule has 0 bridgehead atoms. The molecule has 0 atom stereocenters. The Labute approximate surface area is 91.1 Å². The Bertz CT molecular complexity index is 206. The normalized spacial score (nSPS) is 10.6. The third-order valence-corrected chi connectivity index (χ3v) is 2.96. The molecule has 1 nitrogen and oxygen atoms in total. The first-order chi connectivity index (χ1) is 6.93. The molecule has 0 aliphatic carbocycles. The summed E-state index contributed by atoms with van der Waals surface area (Å²) >= 11 is 1.78. The van der Waals surface area contributed by atoms with Crippen LogP contribution in [0.5, 0.6) is 0 Å². The summed E-state index contributed by atoms with van der Waals surface area (Å²) in [5.74, 6) is 0. The molecule has 2 heteroatoms. The molecular formula is C12H20OS. The summed E-state index contributed by atoms with van der Waals surface area (Å²) in [5, 5.41) is 4.38. The molecule has 0 saturated heterocycles. The molecule has 0 aromatic carbocycles. The van der Waals surface area contributed by atoms with Crippen LogP contribution in [0.15, 0.2) is 16.8 Å². The van der Waals surface area contributed by atoms with Gasteiger partial charge in [-0.3, -0.25) is 0 Å². The van der Waals surface area contributed by atoms with Gasteiger partial charge in [0.15, 0.2) is 0 Å². The average Bonchev–Trinajstić information content (AvgIpc) is 2.69. The predicted octanol–water partition coefficient (Wildman–Crippen LogP) is 3.89. The van der Waals surface area contributed by atoms with Crippen molar-refractivity contribution in [2.75, 3.05) is 13.2 Å². The molecule has 0 fully saturated rings. The summed E-state index contributed by atoms with van der Waals surface area (Å²) in [5.41, 5.74) is 1.48. The van der Waals surface area contributed by atoms with Gasteiger partial charge < -0.3 is 4.74 Å². The van der Waals surface area contributed by atoms with Gasteiger partial charge in [0.2, 0.25) is 0 Å². The van der Waals surface area contributed by atoms with Crippen molar-refractivity contribution in [1.29, 1.82) is 0 Å². The summed E-state index contributed by atoms with van der Waals surface area (Å²) in [6.07, 6.45) is 6.09. The fraction of sp³-hybridized carbons (Fsp3) is 0.667. The lowest BCUT2D eigenvalue weighted by molar-refractivity contribution is 0.127. The molecule has 80 valence electrons. The zero-order chi connectivity index (χ0) is 10.1. The second-order valence-corrected chi connectivity index (χ2v) is 4.33. The van der Waals surface area contributed by atoms with E-state index in [1.807, 2.05) is 0 Å². The molecule has 0 N–H and O–H groups in total. The van der Waals surface area contributed by atoms with E-state index >= 15 is 0 Å². The second-order valence-electron chi connectivity index (χ2n) is 3.55. The predicted molar refractivity (Wildman–Crippen MR) is 63.0 cm³/mol. The fourth-order valence-corrected chi connectivity index (χ4v) is 2.02. The summed E-state index contributed by atoms with van der Waals surface area (Å²) in [6, 6.07) is 2.21. The monoisotopic (exact) mass is 212 g/mol. The smallest absolute Gasteiger partial charge is 0.0466 e. The van der Waals surface area contributed by atoms with Crippen LogP contribution in [0.2, 0.25) is 0 Å². The zero-order valence-corrected chi connectivity index (χ0v) is 9.81. The van der Waals surface area contributed by atoms with E-state index in [9.17, 15) is 0 Å². The standard InChI is InChI=1S/C12H20OS/c1-2-3-8-13-9-5-4-6-12-7-10-14-11-12/h7,10-11H,2-6,8-9H2,1H3. The van der Waals surface area contributed by atoms with Crippen molar-refractivity contribution in [2.45, 2.75) is 39.0 Å². The molecule has 1 aromatic heterocycles. The van der Waals surface area contributed by atoms with E-state index in [1.165, 1.54) is 37.7 Å². The van der Waals surface area contributed by atoms with Gasteiger partial charge in [0.05, 0.1) is 0 Å². The number of ether oxygens (including phenoxy) is 1. The highest BCUT2D eigenvalue weighted by Gasteiger charge is 1.93. The van der Waals surface area contributed by atoms with Crippen molar-refractivity contribution < 1.29 is 4.74 Å². The van der Waals surface area contributed by atoms with E-state index in [1.54, 1.807) is 11.3 Å². The largest absolute Gasteiger partial charge is 0.381 e. The molecule has 0 aliphatic rings. The number of hydrogen-bond donors (Lipinski definition) is 0. The highest BCUT2D eigenvalue weighted by atomic mass is 32.1. The summed E-state index contributed by atoms with van der Waals surface area (Å²) < 4.78 is 5.50. The quantitative estimate of drug-likeness (QED) is 0.594. The lowest BCUT2D eigenvalue weighted by Gasteiger charge is -2.02. The van der Waals surface area contributed by atoms with Crippen molar-refractivity contribution in [3.8, 4) is 0 Å². The maximum Gasteiger partial charge on any atom is 0.0466 e. The first-order valence-electron chi connectivity index (χ1n) is 5.52. The Morgan fingerprint density at radius 1 is 1.21 bits per heavy atom. The zero-order valence-electron chi connectivity index (χ0n) is 9.00. The lowest BCUT2D eigenvalue weighted by atomic mass is 10.1. The minimum Gasteiger partial charge on any atom is -0.381 e. The van der Waals surface area contributed by atoms with Gasteiger partial charge in [-0.2, -0.15) is 11.3 Å². The summed E-state index contributed by atoms with van der Waals surface area (Å²) in [7, 11) is 0. The van der Waals surface area contributed by atoms with Crippen molar-refractivity contribution in [3.05, 3.63) is 22.4 Å². The molecule has 0 aliphatic heterocycles. The van der Waals surface area contributed by atoms with Gasteiger partial charge >= 0.3 is 0 Å². The molecule has 0 amide bonds. The molecule has 1 heterocycles. The van der Waals surface area contributed by atoms with Gasteiger partial charge in [0.25, 0.3) is 0 Å². The Morgan fingerprint density at radius 3 is 2.79 bits per heavy atom. The van der Waals surface area contributed by atoms with E-state index in [4.69, 9.17) is 4.74 Å². The van der Waals surface area contributed by atoms with Crippen molar-refractivity contribution in [3.63, 3.8) is 0 Å². The number of aryl methyl sites for hydroxylation is 1. The van der Waals surface area contributed by atoms with Crippen LogP contribution in [0.3, 0.4) is 0 Å². The highest BCUT2D eigenvalue weighted by molar-refractivity contribution is 7.07. The van der Waals surface area contributed by atoms with Gasteiger partial charge in [0.1, 0.15) is 0 Å². The van der Waals surface area contributed by atoms with Crippen LogP contribution in [-0.2, 0) is 11.2 Å². The molecule has 14 heavy (non-hydrogen) atoms. The molecule has 1 rings (SSSR count). The molecule has 0 spiro atoms. The SMILES string of the molecule is CCCCOCCCCc1ccsc1. The fourth-order valence-electron chi connectivity index (χ4n) is 1.32. The Balaban J connectivity index is 1.85. The molecule has 1 aromatic rings. The van der Waals surface area contributed by atoms with Crippen molar-refractivity contribution >= 4 is 11.3 Å². The molecular weight excluding hydrogens is 192 g/mol. The van der Waals surface area contributed by atoms with E-state index in [0.29, 0.717) is 0 Å². The Kier molecular flexibility index (Phi) is 6.71. The first kappa shape index (κ1) is 11.7. The second kappa shape index (κ2) is 8.01. The van der Waals surface area contributed by atoms with Crippen LogP contribution in [-0.4, -0.2) is 13.2 Å². The maximum atomic E-state index is 5.50. The highest BCUT2D eigenvalue weighted by Crippen LogP contribution is 2.09. The van der Waals surface area contributed by atoms with Crippen LogP contribution in [0, 0.1) is 0 Å². The van der Waals surface area contributed by atoms with E-state index < -0.39 is 0 Å². The topological polar surface area (TPSA) is 9.23 Å². The van der Waals surface area contributed by atoms with Crippen molar-refractivity contribution in [1.82, 2.24) is 0 Å². The van der Waals surface area contributed by atoms with Crippen LogP contribution in [0.4, 0.5) is 0 Å². The van der Waals surface area contributed by atoms with E-state index in [-0.39, 0.29) is 0 Å². The molecule has 0 saturated carbocycles. The van der Waals surface area contributed by atoms with Crippen LogP contribution < -0.4 is 0 Å².